The summed E-state index contributed by atoms with van der Waals surface area (Å²) in [6.45, 7) is 2.74. The Morgan fingerprint density at radius 1 is 1.05 bits per heavy atom. The number of amides is 2. The summed E-state index contributed by atoms with van der Waals surface area (Å²) in [5, 5.41) is 5.53. The summed E-state index contributed by atoms with van der Waals surface area (Å²) in [6, 6.07) is 6.18. The van der Waals surface area contributed by atoms with Gasteiger partial charge in [0, 0.05) is 26.4 Å². The van der Waals surface area contributed by atoms with E-state index < -0.39 is 0 Å². The molecular formula is C15H21FN2O2. The monoisotopic (exact) mass is 280 g/mol. The van der Waals surface area contributed by atoms with E-state index in [0.29, 0.717) is 25.9 Å². The highest BCUT2D eigenvalue weighted by atomic mass is 19.1. The molecule has 2 N–H and O–H groups in total. The van der Waals surface area contributed by atoms with E-state index in [4.69, 9.17) is 0 Å². The van der Waals surface area contributed by atoms with Gasteiger partial charge in [-0.25, -0.2) is 4.39 Å². The third-order valence-electron chi connectivity index (χ3n) is 2.85. The zero-order chi connectivity index (χ0) is 14.8. The topological polar surface area (TPSA) is 58.2 Å². The largest absolute Gasteiger partial charge is 0.356 e. The van der Waals surface area contributed by atoms with Crippen molar-refractivity contribution in [1.29, 1.82) is 0 Å². The molecule has 1 rings (SSSR count). The minimum atomic E-state index is -0.266. The van der Waals surface area contributed by atoms with Crippen LogP contribution in [-0.4, -0.2) is 24.9 Å². The van der Waals surface area contributed by atoms with E-state index in [9.17, 15) is 14.0 Å². The maximum Gasteiger partial charge on any atom is 0.220 e. The molecule has 0 unspecified atom stereocenters. The quantitative estimate of drug-likeness (QED) is 0.713. The maximum atomic E-state index is 12.7. The third kappa shape index (κ3) is 7.51. The molecule has 1 aromatic carbocycles. The van der Waals surface area contributed by atoms with Gasteiger partial charge in [0.05, 0.1) is 0 Å². The molecule has 0 aliphatic rings. The number of unbranched alkanes of at least 4 members (excludes halogenated alkanes) is 1. The first kappa shape index (κ1) is 16.1. The first-order valence-corrected chi connectivity index (χ1v) is 6.83. The summed E-state index contributed by atoms with van der Waals surface area (Å²) >= 11 is 0. The molecule has 0 heterocycles. The van der Waals surface area contributed by atoms with E-state index in [1.54, 1.807) is 12.1 Å². The fourth-order valence-corrected chi connectivity index (χ4v) is 1.74. The zero-order valence-corrected chi connectivity index (χ0v) is 11.7. The normalized spacial score (nSPS) is 10.1. The molecular weight excluding hydrogens is 259 g/mol. The molecule has 0 bridgehead atoms. The van der Waals surface area contributed by atoms with E-state index in [1.807, 2.05) is 0 Å². The van der Waals surface area contributed by atoms with Crippen LogP contribution in [0.1, 0.15) is 31.7 Å². The van der Waals surface area contributed by atoms with Crippen LogP contribution in [0.15, 0.2) is 24.3 Å². The first-order valence-electron chi connectivity index (χ1n) is 6.83. The summed E-state index contributed by atoms with van der Waals surface area (Å²) in [5.74, 6) is -0.306. The number of carbonyl (C=O) groups excluding carboxylic acids is 2. The number of aryl methyl sites for hydroxylation is 1. The van der Waals surface area contributed by atoms with Gasteiger partial charge in [-0.15, -0.1) is 0 Å². The van der Waals surface area contributed by atoms with Crippen molar-refractivity contribution in [2.24, 2.45) is 0 Å². The van der Waals surface area contributed by atoms with E-state index in [2.05, 4.69) is 10.6 Å². The molecule has 20 heavy (non-hydrogen) atoms. The van der Waals surface area contributed by atoms with Crippen molar-refractivity contribution in [1.82, 2.24) is 10.6 Å². The molecule has 2 amide bonds. The maximum absolute atomic E-state index is 12.7. The van der Waals surface area contributed by atoms with Gasteiger partial charge in [-0.2, -0.15) is 0 Å². The lowest BCUT2D eigenvalue weighted by molar-refractivity contribution is -0.121. The van der Waals surface area contributed by atoms with Gasteiger partial charge in [0.1, 0.15) is 5.82 Å². The summed E-state index contributed by atoms with van der Waals surface area (Å²) in [6.07, 6.45) is 2.69. The van der Waals surface area contributed by atoms with Crippen LogP contribution in [-0.2, 0) is 16.0 Å². The second kappa shape index (κ2) is 9.07. The highest BCUT2D eigenvalue weighted by Gasteiger charge is 2.02. The van der Waals surface area contributed by atoms with Crippen LogP contribution < -0.4 is 10.6 Å². The molecule has 5 heteroatoms. The number of halogens is 1. The van der Waals surface area contributed by atoms with Gasteiger partial charge in [-0.05, 0) is 37.0 Å². The van der Waals surface area contributed by atoms with Gasteiger partial charge < -0.3 is 10.6 Å². The van der Waals surface area contributed by atoms with Crippen LogP contribution in [0.3, 0.4) is 0 Å². The Morgan fingerprint density at radius 3 is 2.25 bits per heavy atom. The molecule has 0 fully saturated rings. The lowest BCUT2D eigenvalue weighted by Crippen LogP contribution is -2.26. The first-order chi connectivity index (χ1) is 9.58. The Labute approximate surface area is 118 Å². The highest BCUT2D eigenvalue weighted by molar-refractivity contribution is 5.76. The second-order valence-corrected chi connectivity index (χ2v) is 4.67. The van der Waals surface area contributed by atoms with Crippen molar-refractivity contribution >= 4 is 11.8 Å². The molecule has 0 aliphatic carbocycles. The number of hydrogen-bond donors (Lipinski definition) is 2. The van der Waals surface area contributed by atoms with E-state index >= 15 is 0 Å². The molecule has 0 radical (unpaired) electrons. The number of hydrogen-bond acceptors (Lipinski definition) is 2. The zero-order valence-electron chi connectivity index (χ0n) is 11.7. The molecule has 1 aromatic rings. The number of nitrogens with one attached hydrogen (secondary N) is 2. The fraction of sp³-hybridized carbons (Fsp3) is 0.467. The Hall–Kier alpha value is -1.91. The molecule has 110 valence electrons. The van der Waals surface area contributed by atoms with Crippen LogP contribution in [0, 0.1) is 5.82 Å². The number of benzene rings is 1. The smallest absolute Gasteiger partial charge is 0.220 e. The third-order valence-corrected chi connectivity index (χ3v) is 2.85. The number of carbonyl (C=O) groups is 2. The van der Waals surface area contributed by atoms with Gasteiger partial charge in [0.2, 0.25) is 11.8 Å². The Bertz CT molecular complexity index is 432. The van der Waals surface area contributed by atoms with Crippen molar-refractivity contribution in [3.63, 3.8) is 0 Å². The molecule has 0 saturated carbocycles. The summed E-state index contributed by atoms with van der Waals surface area (Å²) in [4.78, 5) is 22.2. The molecule has 0 aromatic heterocycles. The van der Waals surface area contributed by atoms with Crippen LogP contribution in [0.5, 0.6) is 0 Å². The standard InChI is InChI=1S/C15H21FN2O2/c1-12(19)17-10-2-3-11-18-15(20)9-6-13-4-7-14(16)8-5-13/h4-5,7-8H,2-3,6,9-11H2,1H3,(H,17,19)(H,18,20). The molecule has 0 spiro atoms. The molecule has 0 atom stereocenters. The summed E-state index contributed by atoms with van der Waals surface area (Å²) in [5.41, 5.74) is 0.951. The van der Waals surface area contributed by atoms with Crippen molar-refractivity contribution in [2.45, 2.75) is 32.6 Å². The van der Waals surface area contributed by atoms with Crippen LogP contribution in [0.2, 0.25) is 0 Å². The van der Waals surface area contributed by atoms with Gasteiger partial charge in [-0.3, -0.25) is 9.59 Å². The minimum absolute atomic E-state index is 0.00569. The SMILES string of the molecule is CC(=O)NCCCCNC(=O)CCc1ccc(F)cc1. The lowest BCUT2D eigenvalue weighted by atomic mass is 10.1. The Balaban J connectivity index is 2.06. The molecule has 0 saturated heterocycles. The highest BCUT2D eigenvalue weighted by Crippen LogP contribution is 2.05. The van der Waals surface area contributed by atoms with Gasteiger partial charge in [-0.1, -0.05) is 12.1 Å². The van der Waals surface area contributed by atoms with Gasteiger partial charge >= 0.3 is 0 Å². The molecule has 4 nitrogen and oxygen atoms in total. The van der Waals surface area contributed by atoms with E-state index in [-0.39, 0.29) is 17.6 Å². The van der Waals surface area contributed by atoms with E-state index in [0.717, 1.165) is 18.4 Å². The average molecular weight is 280 g/mol. The van der Waals surface area contributed by atoms with Gasteiger partial charge in [0.15, 0.2) is 0 Å². The van der Waals surface area contributed by atoms with Crippen molar-refractivity contribution in [2.75, 3.05) is 13.1 Å². The van der Waals surface area contributed by atoms with E-state index in [1.165, 1.54) is 19.1 Å². The van der Waals surface area contributed by atoms with Crippen molar-refractivity contribution < 1.29 is 14.0 Å². The van der Waals surface area contributed by atoms with Crippen molar-refractivity contribution in [3.05, 3.63) is 35.6 Å². The predicted molar refractivity (Wildman–Crippen MR) is 75.6 cm³/mol. The second-order valence-electron chi connectivity index (χ2n) is 4.67. The van der Waals surface area contributed by atoms with Crippen LogP contribution in [0.4, 0.5) is 4.39 Å². The van der Waals surface area contributed by atoms with Crippen LogP contribution in [0.25, 0.3) is 0 Å². The average Bonchev–Trinajstić information content (AvgIpc) is 2.41. The summed E-state index contributed by atoms with van der Waals surface area (Å²) < 4.78 is 12.7. The number of rotatable bonds is 8. The lowest BCUT2D eigenvalue weighted by Gasteiger charge is -2.06. The fourth-order valence-electron chi connectivity index (χ4n) is 1.74. The molecule has 0 aliphatic heterocycles. The summed E-state index contributed by atoms with van der Waals surface area (Å²) in [7, 11) is 0. The minimum Gasteiger partial charge on any atom is -0.356 e. The van der Waals surface area contributed by atoms with Gasteiger partial charge in [0.25, 0.3) is 0 Å². The van der Waals surface area contributed by atoms with Crippen molar-refractivity contribution in [3.8, 4) is 0 Å². The van der Waals surface area contributed by atoms with Crippen LogP contribution >= 0.6 is 0 Å². The Kier molecular flexibility index (Phi) is 7.32. The predicted octanol–water partition coefficient (Wildman–Crippen LogP) is 1.79. The Morgan fingerprint density at radius 2 is 1.65 bits per heavy atom.